The number of hydrogen-bond donors (Lipinski definition) is 5. The van der Waals surface area contributed by atoms with Crippen molar-refractivity contribution in [2.45, 2.75) is 182 Å². The number of ether oxygens (including phenoxy) is 1. The van der Waals surface area contributed by atoms with Gasteiger partial charge in [0.2, 0.25) is 27.7 Å². The second-order valence-corrected chi connectivity index (χ2v) is 26.9. The zero-order valence-corrected chi connectivity index (χ0v) is 52.7. The van der Waals surface area contributed by atoms with Crippen LogP contribution in [0.2, 0.25) is 0 Å². The number of imide groups is 1. The van der Waals surface area contributed by atoms with Gasteiger partial charge in [-0.2, -0.15) is 0 Å². The number of benzene rings is 2. The molecule has 0 saturated carbocycles. The summed E-state index contributed by atoms with van der Waals surface area (Å²) in [6.07, 6.45) is 5.22. The topological polar surface area (TPSA) is 298 Å². The van der Waals surface area contributed by atoms with Gasteiger partial charge in [0.15, 0.2) is 5.78 Å². The summed E-state index contributed by atoms with van der Waals surface area (Å²) >= 11 is 0. The Balaban J connectivity index is 1.73. The number of unbranched alkanes of at least 4 members (excludes halogenated alkanes) is 2. The highest BCUT2D eigenvalue weighted by atomic mass is 32.2. The molecule has 9 amide bonds. The molecule has 2 aromatic carbocycles. The van der Waals surface area contributed by atoms with Gasteiger partial charge in [-0.3, -0.25) is 48.2 Å². The van der Waals surface area contributed by atoms with Gasteiger partial charge in [0, 0.05) is 75.5 Å². The van der Waals surface area contributed by atoms with Crippen LogP contribution in [0.5, 0.6) is 0 Å². The number of nitrogens with zero attached hydrogens (tertiary/aromatic N) is 3. The molecule has 0 radical (unpaired) electrons. The Kier molecular flexibility index (Phi) is 26.3. The molecule has 6 N–H and O–H groups in total. The monoisotopic (exact) mass is 1190 g/mol. The van der Waals surface area contributed by atoms with Crippen molar-refractivity contribution in [2.75, 3.05) is 27.2 Å². The first-order chi connectivity index (χ1) is 38.9. The van der Waals surface area contributed by atoms with E-state index in [0.717, 1.165) is 10.5 Å². The minimum Gasteiger partial charge on any atom is -0.444 e. The second-order valence-electron chi connectivity index (χ2n) is 25.1. The van der Waals surface area contributed by atoms with Crippen LogP contribution in [0, 0.1) is 23.2 Å². The van der Waals surface area contributed by atoms with Crippen molar-refractivity contribution >= 4 is 69.2 Å². The highest BCUT2D eigenvalue weighted by molar-refractivity contribution is 7.89. The number of likely N-dealkylation sites (N-methyl/N-ethyl adjacent to an activating group) is 2. The van der Waals surface area contributed by atoms with Gasteiger partial charge in [0.05, 0.1) is 17.8 Å². The van der Waals surface area contributed by atoms with Crippen LogP contribution in [0.4, 0.5) is 9.59 Å². The lowest BCUT2D eigenvalue weighted by atomic mass is 9.76. The second kappa shape index (κ2) is 31.1. The maximum atomic E-state index is 14.7. The van der Waals surface area contributed by atoms with Gasteiger partial charge in [0.25, 0.3) is 17.7 Å². The van der Waals surface area contributed by atoms with Gasteiger partial charge in [-0.25, -0.2) is 22.7 Å². The normalized spacial score (nSPS) is 15.0. The maximum absolute atomic E-state index is 14.7. The van der Waals surface area contributed by atoms with E-state index in [9.17, 15) is 56.4 Å². The predicted molar refractivity (Wildman–Crippen MR) is 321 cm³/mol. The molecule has 0 unspecified atom stereocenters. The van der Waals surface area contributed by atoms with Crippen molar-refractivity contribution in [3.8, 4) is 0 Å². The predicted octanol–water partition coefficient (Wildman–Crippen LogP) is 6.57. The first-order valence-electron chi connectivity index (χ1n) is 28.7. The van der Waals surface area contributed by atoms with Crippen molar-refractivity contribution in [3.05, 3.63) is 95.1 Å². The Morgan fingerprint density at radius 1 is 0.738 bits per heavy atom. The van der Waals surface area contributed by atoms with Crippen molar-refractivity contribution in [1.82, 2.24) is 35.4 Å². The van der Waals surface area contributed by atoms with E-state index in [1.807, 2.05) is 58.0 Å². The molecule has 464 valence electrons. The van der Waals surface area contributed by atoms with Gasteiger partial charge in [-0.15, -0.1) is 0 Å². The molecule has 1 aliphatic rings. The third-order valence-corrected chi connectivity index (χ3v) is 15.9. The lowest BCUT2D eigenvalue weighted by Crippen LogP contribution is -2.63. The van der Waals surface area contributed by atoms with E-state index in [1.165, 1.54) is 54.1 Å². The highest BCUT2D eigenvalue weighted by Gasteiger charge is 2.46. The van der Waals surface area contributed by atoms with Crippen LogP contribution in [0.15, 0.2) is 78.4 Å². The van der Waals surface area contributed by atoms with Crippen LogP contribution >= 0.6 is 0 Å². The summed E-state index contributed by atoms with van der Waals surface area (Å²) in [5, 5.41) is 8.28. The Morgan fingerprint density at radius 2 is 1.32 bits per heavy atom. The number of urea groups is 1. The zero-order valence-electron chi connectivity index (χ0n) is 51.9. The number of sulfonamides is 1. The molecular weight excluding hydrogens is 1100 g/mol. The van der Waals surface area contributed by atoms with Crippen LogP contribution in [0.3, 0.4) is 0 Å². The molecule has 0 bridgehead atoms. The van der Waals surface area contributed by atoms with Crippen LogP contribution in [0.1, 0.15) is 152 Å². The number of hydrogen-bond acceptors (Lipinski definition) is 13. The van der Waals surface area contributed by atoms with Crippen LogP contribution in [0.25, 0.3) is 0 Å². The summed E-state index contributed by atoms with van der Waals surface area (Å²) in [7, 11) is -1.29. The molecule has 1 heterocycles. The Labute approximate surface area is 497 Å². The largest absolute Gasteiger partial charge is 0.444 e. The van der Waals surface area contributed by atoms with Gasteiger partial charge < -0.3 is 31.3 Å². The molecule has 84 heavy (non-hydrogen) atoms. The molecule has 0 fully saturated rings. The van der Waals surface area contributed by atoms with Gasteiger partial charge >= 0.3 is 12.1 Å². The lowest BCUT2D eigenvalue weighted by Gasteiger charge is -2.42. The van der Waals surface area contributed by atoms with Crippen molar-refractivity contribution < 1.29 is 61.1 Å². The number of amides is 9. The number of carbonyl (C=O) groups excluding carboxylic acids is 10. The number of nitrogens with one attached hydrogen (secondary N) is 4. The molecule has 0 spiro atoms. The number of carbonyl (C=O) groups is 10. The molecule has 0 saturated heterocycles. The molecule has 0 aliphatic carbocycles. The molecular formula is C62H92N8O13S. The van der Waals surface area contributed by atoms with Gasteiger partial charge in [-0.1, -0.05) is 129 Å². The minimum atomic E-state index is -4.31. The molecule has 22 heteroatoms. The molecule has 5 atom stereocenters. The SMILES string of the molecule is C/C(=C\[C@H](C(C)C)N(C)C(=O)[C@@H](NC(=O)[C@@H](N(C)C(=O)OC(C)(C)C)C(C)(C)c1ccccc1)C(C)(C)C)C(=O)NS(=O)(=O)Cc1ccc(CC(=O)[C@H](CCCNC(N)=O)NC(=O)[C@@H](CC(=O)CCCCCN2C(=O)C=CC2=O)C(C)C)cc1. The summed E-state index contributed by atoms with van der Waals surface area (Å²) in [4.78, 5) is 136. The quantitative estimate of drug-likeness (QED) is 0.0304. The Bertz CT molecular complexity index is 2830. The number of ketones is 2. The summed E-state index contributed by atoms with van der Waals surface area (Å²) in [6, 6.07) is 10.5. The van der Waals surface area contributed by atoms with Gasteiger partial charge in [-0.05, 0) is 87.3 Å². The fourth-order valence-electron chi connectivity index (χ4n) is 9.82. The summed E-state index contributed by atoms with van der Waals surface area (Å²) in [6.45, 7) is 23.3. The fraction of sp³-hybridized carbons (Fsp3) is 0.581. The number of primary amides is 1. The third-order valence-electron chi connectivity index (χ3n) is 14.7. The van der Waals surface area contributed by atoms with E-state index < -0.39 is 98.0 Å². The van der Waals surface area contributed by atoms with E-state index >= 15 is 0 Å². The number of nitrogens with two attached hydrogens (primary N) is 1. The van der Waals surface area contributed by atoms with Crippen LogP contribution < -0.4 is 26.4 Å². The lowest BCUT2D eigenvalue weighted by molar-refractivity contribution is -0.142. The Hall–Kier alpha value is -7.23. The van der Waals surface area contributed by atoms with Crippen LogP contribution in [-0.2, 0) is 70.7 Å². The standard InChI is InChI=1S/C62H92N8O13S/c1-39(2)46(37-45(71)25-20-17-21-34-70-50(73)31-32-51(70)74)55(76)65-47(26-22-33-64-58(63)79)49(72)36-42-27-29-43(30-28-42)38-84(81,82)67-54(75)41(5)35-48(40(3)4)68(14)57(78)52(60(6,7)8)66-56(77)53(69(15)59(80)83-61(9,10)11)62(12,13)44-23-18-16-19-24-44/h16,18-19,23-24,27-32,35,39-40,46-48,52-53H,17,20-22,25-26,33-34,36-38H2,1-15H3,(H,65,76)(H,66,77)(H,67,75)(H3,63,64,79)/b41-35+/t46-,47-,48+,52+,53+/m0/s1. The van der Waals surface area contributed by atoms with Gasteiger partial charge in [0.1, 0.15) is 23.5 Å². The van der Waals surface area contributed by atoms with E-state index in [2.05, 4.69) is 20.7 Å². The smallest absolute Gasteiger partial charge is 0.410 e. The summed E-state index contributed by atoms with van der Waals surface area (Å²) in [5.41, 5.74) is 4.07. The molecule has 0 aromatic heterocycles. The summed E-state index contributed by atoms with van der Waals surface area (Å²) in [5.74, 6) is -5.69. The van der Waals surface area contributed by atoms with E-state index in [-0.39, 0.29) is 86.0 Å². The molecule has 2 aromatic rings. The number of rotatable bonds is 31. The van der Waals surface area contributed by atoms with E-state index in [1.54, 1.807) is 74.6 Å². The highest BCUT2D eigenvalue weighted by Crippen LogP contribution is 2.33. The van der Waals surface area contributed by atoms with Crippen LogP contribution in [-0.4, -0.2) is 139 Å². The first kappa shape index (κ1) is 71.0. The van der Waals surface area contributed by atoms with E-state index in [0.29, 0.717) is 30.4 Å². The van der Waals surface area contributed by atoms with E-state index in [4.69, 9.17) is 10.5 Å². The fourth-order valence-corrected chi connectivity index (χ4v) is 11.0. The minimum absolute atomic E-state index is 0.00184. The third kappa shape index (κ3) is 22.1. The number of Topliss-reactive ketones (excluding diaryl/α,β-unsaturated/α-hetero) is 2. The zero-order chi connectivity index (χ0) is 63.7. The average Bonchev–Trinajstić information content (AvgIpc) is 1.91. The average molecular weight is 1190 g/mol. The molecule has 3 rings (SSSR count). The Morgan fingerprint density at radius 3 is 1.86 bits per heavy atom. The van der Waals surface area contributed by atoms with Crippen molar-refractivity contribution in [1.29, 1.82) is 0 Å². The van der Waals surface area contributed by atoms with Crippen molar-refractivity contribution in [3.63, 3.8) is 0 Å². The van der Waals surface area contributed by atoms with Crippen molar-refractivity contribution in [2.24, 2.45) is 28.9 Å². The summed E-state index contributed by atoms with van der Waals surface area (Å²) < 4.78 is 34.8. The first-order valence-corrected chi connectivity index (χ1v) is 30.3. The molecule has 1 aliphatic heterocycles. The maximum Gasteiger partial charge on any atom is 0.410 e. The molecule has 21 nitrogen and oxygen atoms in total.